The van der Waals surface area contributed by atoms with Crippen molar-refractivity contribution in [2.24, 2.45) is 0 Å². The molecule has 1 heterocycles. The van der Waals surface area contributed by atoms with Gasteiger partial charge in [0.25, 0.3) is 5.56 Å². The predicted molar refractivity (Wildman–Crippen MR) is 59.0 cm³/mol. The van der Waals surface area contributed by atoms with Crippen LogP contribution in [-0.4, -0.2) is 27.3 Å². The molecule has 0 aromatic carbocycles. The standard InChI is InChI=1S/C10H17N3O2/c1-3-13-7-6-12-9(10(13)15)11-5-4-8(2)14/h6-8,14H,3-5H2,1-2H3,(H,11,12). The van der Waals surface area contributed by atoms with E-state index in [9.17, 15) is 4.79 Å². The largest absolute Gasteiger partial charge is 0.393 e. The van der Waals surface area contributed by atoms with Gasteiger partial charge in [-0.15, -0.1) is 0 Å². The monoisotopic (exact) mass is 211 g/mol. The van der Waals surface area contributed by atoms with Gasteiger partial charge < -0.3 is 15.0 Å². The van der Waals surface area contributed by atoms with Gasteiger partial charge in [-0.2, -0.15) is 0 Å². The molecule has 15 heavy (non-hydrogen) atoms. The Balaban J connectivity index is 2.65. The van der Waals surface area contributed by atoms with Crippen LogP contribution in [0.25, 0.3) is 0 Å². The number of nitrogens with one attached hydrogen (secondary N) is 1. The van der Waals surface area contributed by atoms with Crippen molar-refractivity contribution in [2.75, 3.05) is 11.9 Å². The molecule has 0 saturated carbocycles. The third-order valence-electron chi connectivity index (χ3n) is 2.11. The molecule has 84 valence electrons. The maximum atomic E-state index is 11.7. The third kappa shape index (κ3) is 3.36. The van der Waals surface area contributed by atoms with Crippen molar-refractivity contribution in [3.63, 3.8) is 0 Å². The van der Waals surface area contributed by atoms with Gasteiger partial charge in [0.05, 0.1) is 6.10 Å². The SMILES string of the molecule is CCn1ccnc(NCCC(C)O)c1=O. The summed E-state index contributed by atoms with van der Waals surface area (Å²) in [5.41, 5.74) is -0.120. The number of hydrogen-bond acceptors (Lipinski definition) is 4. The Morgan fingerprint density at radius 3 is 3.00 bits per heavy atom. The fraction of sp³-hybridized carbons (Fsp3) is 0.600. The number of aromatic nitrogens is 2. The van der Waals surface area contributed by atoms with Crippen molar-refractivity contribution in [3.05, 3.63) is 22.7 Å². The number of aryl methyl sites for hydroxylation is 1. The number of aliphatic hydroxyl groups is 1. The van der Waals surface area contributed by atoms with Gasteiger partial charge in [0.1, 0.15) is 0 Å². The molecule has 0 fully saturated rings. The van der Waals surface area contributed by atoms with E-state index in [4.69, 9.17) is 5.11 Å². The minimum absolute atomic E-state index is 0.120. The molecule has 2 N–H and O–H groups in total. The van der Waals surface area contributed by atoms with Gasteiger partial charge in [-0.25, -0.2) is 4.98 Å². The number of aliphatic hydroxyl groups excluding tert-OH is 1. The molecule has 5 nitrogen and oxygen atoms in total. The van der Waals surface area contributed by atoms with E-state index in [-0.39, 0.29) is 11.7 Å². The highest BCUT2D eigenvalue weighted by Gasteiger charge is 2.03. The fourth-order valence-electron chi connectivity index (χ4n) is 1.22. The van der Waals surface area contributed by atoms with E-state index < -0.39 is 0 Å². The van der Waals surface area contributed by atoms with Crippen LogP contribution in [0.4, 0.5) is 5.82 Å². The van der Waals surface area contributed by atoms with E-state index in [1.54, 1.807) is 23.9 Å². The Morgan fingerprint density at radius 1 is 1.67 bits per heavy atom. The molecule has 0 amide bonds. The molecule has 0 aliphatic carbocycles. The van der Waals surface area contributed by atoms with Crippen molar-refractivity contribution < 1.29 is 5.11 Å². The summed E-state index contributed by atoms with van der Waals surface area (Å²) >= 11 is 0. The summed E-state index contributed by atoms with van der Waals surface area (Å²) in [4.78, 5) is 15.6. The maximum Gasteiger partial charge on any atom is 0.293 e. The summed E-state index contributed by atoms with van der Waals surface area (Å²) in [6, 6.07) is 0. The summed E-state index contributed by atoms with van der Waals surface area (Å²) in [5.74, 6) is 0.347. The number of nitrogens with zero attached hydrogens (tertiary/aromatic N) is 2. The summed E-state index contributed by atoms with van der Waals surface area (Å²) in [6.45, 7) is 4.80. The van der Waals surface area contributed by atoms with Gasteiger partial charge in [0, 0.05) is 25.5 Å². The van der Waals surface area contributed by atoms with Gasteiger partial charge in [-0.1, -0.05) is 0 Å². The van der Waals surface area contributed by atoms with Crippen LogP contribution in [0.1, 0.15) is 20.3 Å². The van der Waals surface area contributed by atoms with Crippen LogP contribution in [0.5, 0.6) is 0 Å². The number of anilines is 1. The lowest BCUT2D eigenvalue weighted by atomic mass is 10.3. The van der Waals surface area contributed by atoms with Gasteiger partial charge >= 0.3 is 0 Å². The van der Waals surface area contributed by atoms with Gasteiger partial charge in [0.15, 0.2) is 5.82 Å². The van der Waals surface area contributed by atoms with Gasteiger partial charge in [-0.3, -0.25) is 4.79 Å². The zero-order valence-electron chi connectivity index (χ0n) is 9.10. The van der Waals surface area contributed by atoms with Crippen molar-refractivity contribution >= 4 is 5.82 Å². The van der Waals surface area contributed by atoms with Crippen molar-refractivity contribution in [1.82, 2.24) is 9.55 Å². The second-order valence-electron chi connectivity index (χ2n) is 3.43. The lowest BCUT2D eigenvalue weighted by Crippen LogP contribution is -2.24. The highest BCUT2D eigenvalue weighted by Crippen LogP contribution is 1.95. The van der Waals surface area contributed by atoms with E-state index >= 15 is 0 Å². The minimum Gasteiger partial charge on any atom is -0.393 e. The van der Waals surface area contributed by atoms with E-state index in [1.807, 2.05) is 6.92 Å². The molecule has 1 aromatic heterocycles. The molecule has 0 aliphatic rings. The summed E-state index contributed by atoms with van der Waals surface area (Å²) in [6.07, 6.45) is 3.48. The van der Waals surface area contributed by atoms with E-state index in [0.29, 0.717) is 25.3 Å². The molecular weight excluding hydrogens is 194 g/mol. The quantitative estimate of drug-likeness (QED) is 0.742. The van der Waals surface area contributed by atoms with Crippen LogP contribution >= 0.6 is 0 Å². The first-order chi connectivity index (χ1) is 7.15. The van der Waals surface area contributed by atoms with Crippen LogP contribution in [-0.2, 0) is 6.54 Å². The number of rotatable bonds is 5. The van der Waals surface area contributed by atoms with E-state index in [2.05, 4.69) is 10.3 Å². The Bertz CT molecular complexity index is 360. The molecular formula is C10H17N3O2. The second kappa shape index (κ2) is 5.50. The molecule has 0 aliphatic heterocycles. The normalized spacial score (nSPS) is 12.5. The molecule has 1 rings (SSSR count). The predicted octanol–water partition coefficient (Wildman–Crippen LogP) is 0.446. The zero-order valence-corrected chi connectivity index (χ0v) is 9.10. The highest BCUT2D eigenvalue weighted by molar-refractivity contribution is 5.30. The Morgan fingerprint density at radius 2 is 2.40 bits per heavy atom. The van der Waals surface area contributed by atoms with E-state index in [1.165, 1.54) is 0 Å². The first kappa shape index (κ1) is 11.7. The molecule has 0 spiro atoms. The van der Waals surface area contributed by atoms with Crippen molar-refractivity contribution in [2.45, 2.75) is 32.9 Å². The number of hydrogen-bond donors (Lipinski definition) is 2. The van der Waals surface area contributed by atoms with Gasteiger partial charge in [0.2, 0.25) is 0 Å². The molecule has 1 atom stereocenters. The molecule has 1 aromatic rings. The van der Waals surface area contributed by atoms with Crippen LogP contribution in [0.2, 0.25) is 0 Å². The average Bonchev–Trinajstić information content (AvgIpc) is 2.20. The topological polar surface area (TPSA) is 67.2 Å². The first-order valence-electron chi connectivity index (χ1n) is 5.12. The lowest BCUT2D eigenvalue weighted by Gasteiger charge is -2.08. The summed E-state index contributed by atoms with van der Waals surface area (Å²) < 4.78 is 1.58. The summed E-state index contributed by atoms with van der Waals surface area (Å²) in [5, 5.41) is 12.0. The van der Waals surface area contributed by atoms with Crippen LogP contribution in [0.3, 0.4) is 0 Å². The lowest BCUT2D eigenvalue weighted by molar-refractivity contribution is 0.188. The first-order valence-corrected chi connectivity index (χ1v) is 5.12. The second-order valence-corrected chi connectivity index (χ2v) is 3.43. The molecule has 0 saturated heterocycles. The molecule has 0 bridgehead atoms. The maximum absolute atomic E-state index is 11.7. The van der Waals surface area contributed by atoms with Gasteiger partial charge in [-0.05, 0) is 20.3 Å². The molecule has 5 heteroatoms. The fourth-order valence-corrected chi connectivity index (χ4v) is 1.22. The van der Waals surface area contributed by atoms with Crippen LogP contribution in [0, 0.1) is 0 Å². The Kier molecular flexibility index (Phi) is 4.30. The average molecular weight is 211 g/mol. The van der Waals surface area contributed by atoms with Crippen LogP contribution in [0.15, 0.2) is 17.2 Å². The third-order valence-corrected chi connectivity index (χ3v) is 2.11. The van der Waals surface area contributed by atoms with Crippen molar-refractivity contribution in [1.29, 1.82) is 0 Å². The molecule has 1 unspecified atom stereocenters. The molecule has 0 radical (unpaired) electrons. The Hall–Kier alpha value is -1.36. The highest BCUT2D eigenvalue weighted by atomic mass is 16.3. The van der Waals surface area contributed by atoms with Crippen LogP contribution < -0.4 is 10.9 Å². The van der Waals surface area contributed by atoms with E-state index in [0.717, 1.165) is 0 Å². The van der Waals surface area contributed by atoms with Crippen molar-refractivity contribution in [3.8, 4) is 0 Å². The smallest absolute Gasteiger partial charge is 0.293 e. The Labute approximate surface area is 88.8 Å². The minimum atomic E-state index is -0.366. The summed E-state index contributed by atoms with van der Waals surface area (Å²) in [7, 11) is 0. The zero-order chi connectivity index (χ0) is 11.3.